The molecule has 19 heteroatoms. The van der Waals surface area contributed by atoms with E-state index in [1.165, 1.54) is 225 Å². The van der Waals surface area contributed by atoms with Crippen LogP contribution in [-0.2, 0) is 65.4 Å². The normalized spacial score (nSPS) is 14.0. The number of hydrogen-bond donors (Lipinski definition) is 3. The highest BCUT2D eigenvalue weighted by atomic mass is 31.2. The van der Waals surface area contributed by atoms with Crippen molar-refractivity contribution < 1.29 is 80.2 Å². The monoisotopic (exact) mass is 1500 g/mol. The molecule has 0 amide bonds. The summed E-state index contributed by atoms with van der Waals surface area (Å²) in [5.74, 6) is -0.535. The lowest BCUT2D eigenvalue weighted by Crippen LogP contribution is -2.30. The summed E-state index contributed by atoms with van der Waals surface area (Å²) < 4.78 is 68.8. The Bertz CT molecular complexity index is 2070. The molecule has 0 bridgehead atoms. The average Bonchev–Trinajstić information content (AvgIpc) is 0.918. The molecule has 103 heavy (non-hydrogen) atoms. The fourth-order valence-corrected chi connectivity index (χ4v) is 14.1. The van der Waals surface area contributed by atoms with Crippen molar-refractivity contribution in [2.24, 2.45) is 11.8 Å². The zero-order valence-corrected chi connectivity index (χ0v) is 68.9. The quantitative estimate of drug-likeness (QED) is 0.0169. The third-order valence-electron chi connectivity index (χ3n) is 19.1. The summed E-state index contributed by atoms with van der Waals surface area (Å²) in [5, 5.41) is 10.7. The summed E-state index contributed by atoms with van der Waals surface area (Å²) in [6.07, 6.45) is 68.7. The number of unbranched alkanes of at least 4 members (excludes halogenated alkanes) is 48. The van der Waals surface area contributed by atoms with E-state index in [2.05, 4.69) is 65.8 Å². The third kappa shape index (κ3) is 77.5. The highest BCUT2D eigenvalue weighted by Gasteiger charge is 2.30. The zero-order chi connectivity index (χ0) is 75.6. The van der Waals surface area contributed by atoms with Gasteiger partial charge in [0.05, 0.1) is 26.4 Å². The molecule has 5 atom stereocenters. The van der Waals surface area contributed by atoms with Crippen molar-refractivity contribution in [3.05, 3.63) is 24.3 Å². The first-order chi connectivity index (χ1) is 49.9. The lowest BCUT2D eigenvalue weighted by atomic mass is 10.0. The topological polar surface area (TPSA) is 237 Å². The number of carbonyl (C=O) groups is 4. The van der Waals surface area contributed by atoms with E-state index in [1.807, 2.05) is 0 Å². The summed E-state index contributed by atoms with van der Waals surface area (Å²) in [5.41, 5.74) is 0. The number of rotatable bonds is 81. The molecule has 0 fully saturated rings. The van der Waals surface area contributed by atoms with Gasteiger partial charge in [-0.25, -0.2) is 9.13 Å². The Morgan fingerprint density at radius 2 is 0.524 bits per heavy atom. The summed E-state index contributed by atoms with van der Waals surface area (Å²) in [7, 11) is -9.94. The van der Waals surface area contributed by atoms with Gasteiger partial charge in [-0.05, 0) is 63.2 Å². The van der Waals surface area contributed by atoms with E-state index in [-0.39, 0.29) is 25.7 Å². The molecular weight excluding hydrogens is 1340 g/mol. The molecule has 2 unspecified atom stereocenters. The minimum Gasteiger partial charge on any atom is -0.462 e. The van der Waals surface area contributed by atoms with E-state index < -0.39 is 97.5 Å². The molecule has 608 valence electrons. The fourth-order valence-electron chi connectivity index (χ4n) is 12.5. The van der Waals surface area contributed by atoms with E-state index in [4.69, 9.17) is 37.0 Å². The predicted octanol–water partition coefficient (Wildman–Crippen LogP) is 25.0. The molecule has 0 aromatic rings. The largest absolute Gasteiger partial charge is 0.472 e. The van der Waals surface area contributed by atoms with E-state index in [0.717, 1.165) is 115 Å². The maximum atomic E-state index is 13.1. The highest BCUT2D eigenvalue weighted by Crippen LogP contribution is 2.45. The molecular formula is C84H160O17P2. The van der Waals surface area contributed by atoms with Crippen LogP contribution in [-0.4, -0.2) is 96.7 Å². The number of esters is 4. The Hall–Kier alpha value is -2.46. The SMILES string of the molecule is CCCCCC/C=C\C=C/CCCCCCCC(=O)O[C@H](COC(=O)CCCCCCCCCCCCCCC)COP(=O)(O)OC[C@H](O)COP(=O)(O)OC[C@@H](COC(=O)CCCCCCCCCCCCCCCC(C)C)OC(=O)CCCCCCCCCCCCCCCCCCC(C)C. The Kier molecular flexibility index (Phi) is 73.2. The van der Waals surface area contributed by atoms with Crippen molar-refractivity contribution in [2.45, 2.75) is 439 Å². The van der Waals surface area contributed by atoms with Gasteiger partial charge >= 0.3 is 39.5 Å². The van der Waals surface area contributed by atoms with Crippen LogP contribution in [0.1, 0.15) is 420 Å². The summed E-state index contributed by atoms with van der Waals surface area (Å²) in [6.45, 7) is 9.64. The Labute approximate surface area is 631 Å². The number of ether oxygens (including phenoxy) is 4. The number of phosphoric ester groups is 2. The second kappa shape index (κ2) is 75.0. The van der Waals surface area contributed by atoms with Crippen LogP contribution in [0.5, 0.6) is 0 Å². The van der Waals surface area contributed by atoms with Gasteiger partial charge in [0.2, 0.25) is 0 Å². The Balaban J connectivity index is 5.30. The van der Waals surface area contributed by atoms with Crippen LogP contribution in [0.3, 0.4) is 0 Å². The van der Waals surface area contributed by atoms with Crippen molar-refractivity contribution >= 4 is 39.5 Å². The number of carbonyl (C=O) groups excluding carboxylic acids is 4. The van der Waals surface area contributed by atoms with E-state index in [1.54, 1.807) is 0 Å². The molecule has 0 radical (unpaired) electrons. The van der Waals surface area contributed by atoms with Gasteiger partial charge in [0.1, 0.15) is 19.3 Å². The van der Waals surface area contributed by atoms with Crippen molar-refractivity contribution in [3.8, 4) is 0 Å². The first kappa shape index (κ1) is 101. The van der Waals surface area contributed by atoms with E-state index in [9.17, 15) is 43.2 Å². The number of phosphoric acid groups is 2. The third-order valence-corrected chi connectivity index (χ3v) is 21.0. The van der Waals surface area contributed by atoms with Gasteiger partial charge in [0.25, 0.3) is 0 Å². The number of allylic oxidation sites excluding steroid dienone is 4. The smallest absolute Gasteiger partial charge is 0.462 e. The lowest BCUT2D eigenvalue weighted by Gasteiger charge is -2.21. The molecule has 0 aliphatic rings. The second-order valence-electron chi connectivity index (χ2n) is 30.5. The van der Waals surface area contributed by atoms with Gasteiger partial charge in [-0.3, -0.25) is 37.3 Å². The highest BCUT2D eigenvalue weighted by molar-refractivity contribution is 7.47. The molecule has 0 rings (SSSR count). The first-order valence-corrected chi connectivity index (χ1v) is 45.8. The molecule has 3 N–H and O–H groups in total. The molecule has 0 aliphatic heterocycles. The van der Waals surface area contributed by atoms with Crippen LogP contribution in [0.15, 0.2) is 24.3 Å². The van der Waals surface area contributed by atoms with Crippen LogP contribution < -0.4 is 0 Å². The summed E-state index contributed by atoms with van der Waals surface area (Å²) in [6, 6.07) is 0. The predicted molar refractivity (Wildman–Crippen MR) is 423 cm³/mol. The van der Waals surface area contributed by atoms with Gasteiger partial charge < -0.3 is 33.8 Å². The molecule has 17 nitrogen and oxygen atoms in total. The Morgan fingerprint density at radius 3 is 0.796 bits per heavy atom. The standard InChI is InChI=1S/C84H160O17P2/c1-7-9-11-13-15-17-19-21-24-31-38-44-50-56-62-68-83(88)100-79(72-94-81(86)66-60-54-48-42-36-28-20-18-16-14-12-10-8-2)74-98-102(90,91)96-70-78(85)71-97-103(92,93)99-75-80(73-95-82(87)67-61-55-49-43-37-33-27-30-35-41-47-53-59-65-77(5)6)101-84(89)69-63-57-51-45-39-32-26-23-22-25-29-34-40-46-52-58-64-76(3)4/h17,19,21,24,76-80,85H,7-16,18,20,22-23,25-75H2,1-6H3,(H,90,91)(H,92,93)/b19-17-,24-21-/t78-,79+,80+/m0/s1. The van der Waals surface area contributed by atoms with Gasteiger partial charge in [0.15, 0.2) is 12.2 Å². The molecule has 0 heterocycles. The summed E-state index contributed by atoms with van der Waals surface area (Å²) in [4.78, 5) is 73.2. The summed E-state index contributed by atoms with van der Waals surface area (Å²) >= 11 is 0. The molecule has 0 aromatic heterocycles. The van der Waals surface area contributed by atoms with Crippen molar-refractivity contribution in [2.75, 3.05) is 39.6 Å². The molecule has 0 aromatic carbocycles. The van der Waals surface area contributed by atoms with Crippen molar-refractivity contribution in [1.82, 2.24) is 0 Å². The minimum atomic E-state index is -4.97. The van der Waals surface area contributed by atoms with Gasteiger partial charge in [0, 0.05) is 25.7 Å². The molecule has 0 spiro atoms. The number of aliphatic hydroxyl groups excluding tert-OH is 1. The average molecular weight is 1500 g/mol. The van der Waals surface area contributed by atoms with Crippen LogP contribution in [0.25, 0.3) is 0 Å². The molecule has 0 saturated heterocycles. The minimum absolute atomic E-state index is 0.0856. The second-order valence-corrected chi connectivity index (χ2v) is 33.4. The fraction of sp³-hybridized carbons (Fsp3) is 0.905. The molecule has 0 saturated carbocycles. The van der Waals surface area contributed by atoms with Gasteiger partial charge in [-0.1, -0.05) is 368 Å². The van der Waals surface area contributed by atoms with Crippen molar-refractivity contribution in [3.63, 3.8) is 0 Å². The van der Waals surface area contributed by atoms with E-state index in [0.29, 0.717) is 25.7 Å². The van der Waals surface area contributed by atoms with Crippen LogP contribution in [0, 0.1) is 11.8 Å². The Morgan fingerprint density at radius 1 is 0.301 bits per heavy atom. The first-order valence-electron chi connectivity index (χ1n) is 42.8. The maximum absolute atomic E-state index is 13.1. The maximum Gasteiger partial charge on any atom is 0.472 e. The molecule has 0 aliphatic carbocycles. The van der Waals surface area contributed by atoms with Crippen molar-refractivity contribution in [1.29, 1.82) is 0 Å². The van der Waals surface area contributed by atoms with Gasteiger partial charge in [-0.2, -0.15) is 0 Å². The lowest BCUT2D eigenvalue weighted by molar-refractivity contribution is -0.161. The zero-order valence-electron chi connectivity index (χ0n) is 67.1. The van der Waals surface area contributed by atoms with E-state index >= 15 is 0 Å². The van der Waals surface area contributed by atoms with Crippen LogP contribution >= 0.6 is 15.6 Å². The van der Waals surface area contributed by atoms with Crippen LogP contribution in [0.2, 0.25) is 0 Å². The van der Waals surface area contributed by atoms with Crippen LogP contribution in [0.4, 0.5) is 0 Å². The number of aliphatic hydroxyl groups is 1. The number of hydrogen-bond acceptors (Lipinski definition) is 15. The van der Waals surface area contributed by atoms with Gasteiger partial charge in [-0.15, -0.1) is 0 Å².